The maximum absolute atomic E-state index is 12.1. The fourth-order valence-electron chi connectivity index (χ4n) is 2.03. The average Bonchev–Trinajstić information content (AvgIpc) is 3.04. The minimum atomic E-state index is -0.314. The normalized spacial score (nSPS) is 10.5. The van der Waals surface area contributed by atoms with E-state index in [9.17, 15) is 4.79 Å². The van der Waals surface area contributed by atoms with Crippen molar-refractivity contribution >= 4 is 17.5 Å². The molecule has 0 aliphatic carbocycles. The number of carbonyl (C=O) groups excluding carboxylic acids is 1. The minimum absolute atomic E-state index is 0.222. The number of carbonyl (C=O) groups is 1. The molecule has 0 radical (unpaired) electrons. The van der Waals surface area contributed by atoms with Gasteiger partial charge in [-0.3, -0.25) is 14.8 Å². The third-order valence-corrected chi connectivity index (χ3v) is 3.56. The number of aromatic nitrogens is 2. The Bertz CT molecular complexity index is 828. The molecule has 3 rings (SSSR count). The van der Waals surface area contributed by atoms with Crippen LogP contribution in [0.5, 0.6) is 0 Å². The second-order valence-corrected chi connectivity index (χ2v) is 5.38. The van der Waals surface area contributed by atoms with E-state index in [1.165, 1.54) is 0 Å². The van der Waals surface area contributed by atoms with Crippen molar-refractivity contribution in [2.24, 2.45) is 0 Å². The molecule has 1 amide bonds. The Kier molecular flexibility index (Phi) is 4.39. The topological polar surface area (TPSA) is 68.0 Å². The number of nitrogens with zero attached hydrogens (tertiary/aromatic N) is 2. The van der Waals surface area contributed by atoms with Crippen molar-refractivity contribution in [2.75, 3.05) is 0 Å². The number of hydrogen-bond donors (Lipinski definition) is 1. The van der Waals surface area contributed by atoms with Crippen molar-refractivity contribution in [3.05, 3.63) is 71.0 Å². The first-order valence-electron chi connectivity index (χ1n) is 7.04. The van der Waals surface area contributed by atoms with E-state index in [2.05, 4.69) is 15.3 Å². The van der Waals surface area contributed by atoms with Crippen LogP contribution in [0, 0.1) is 6.92 Å². The number of furan rings is 1. The van der Waals surface area contributed by atoms with Crippen molar-refractivity contribution in [1.82, 2.24) is 15.3 Å². The van der Waals surface area contributed by atoms with Crippen LogP contribution in [0.4, 0.5) is 0 Å². The van der Waals surface area contributed by atoms with Crippen LogP contribution < -0.4 is 5.32 Å². The van der Waals surface area contributed by atoms with Gasteiger partial charge in [-0.25, -0.2) is 0 Å². The van der Waals surface area contributed by atoms with Gasteiger partial charge in [-0.15, -0.1) is 0 Å². The van der Waals surface area contributed by atoms with Crippen molar-refractivity contribution in [3.8, 4) is 11.3 Å². The number of benzene rings is 1. The van der Waals surface area contributed by atoms with Crippen LogP contribution in [0.25, 0.3) is 11.3 Å². The van der Waals surface area contributed by atoms with Gasteiger partial charge in [0.1, 0.15) is 5.76 Å². The zero-order valence-corrected chi connectivity index (χ0v) is 13.2. The summed E-state index contributed by atoms with van der Waals surface area (Å²) in [5.74, 6) is 0.460. The first-order chi connectivity index (χ1) is 11.1. The number of aryl methyl sites for hydroxylation is 1. The SMILES string of the molecule is Cc1cnc(CNC(=O)c2ccc(-c3ccccc3Cl)o2)cn1. The van der Waals surface area contributed by atoms with Crippen molar-refractivity contribution in [3.63, 3.8) is 0 Å². The molecule has 0 atom stereocenters. The van der Waals surface area contributed by atoms with E-state index in [-0.39, 0.29) is 18.2 Å². The Labute approximate surface area is 138 Å². The highest BCUT2D eigenvalue weighted by Crippen LogP contribution is 2.28. The van der Waals surface area contributed by atoms with Crippen molar-refractivity contribution in [1.29, 1.82) is 0 Å². The summed E-state index contributed by atoms with van der Waals surface area (Å²) < 4.78 is 5.59. The molecule has 2 aromatic heterocycles. The second-order valence-electron chi connectivity index (χ2n) is 4.98. The highest BCUT2D eigenvalue weighted by molar-refractivity contribution is 6.33. The van der Waals surface area contributed by atoms with E-state index in [0.717, 1.165) is 11.3 Å². The molecule has 0 aliphatic heterocycles. The first kappa shape index (κ1) is 15.2. The van der Waals surface area contributed by atoms with Crippen LogP contribution in [0.3, 0.4) is 0 Å². The van der Waals surface area contributed by atoms with E-state index in [4.69, 9.17) is 16.0 Å². The monoisotopic (exact) mass is 327 g/mol. The molecule has 1 N–H and O–H groups in total. The molecule has 0 saturated carbocycles. The summed E-state index contributed by atoms with van der Waals surface area (Å²) in [5.41, 5.74) is 2.26. The largest absolute Gasteiger partial charge is 0.451 e. The van der Waals surface area contributed by atoms with Gasteiger partial charge in [0, 0.05) is 11.8 Å². The Morgan fingerprint density at radius 1 is 1.17 bits per heavy atom. The molecule has 116 valence electrons. The number of hydrogen-bond acceptors (Lipinski definition) is 4. The Hall–Kier alpha value is -2.66. The molecule has 0 bridgehead atoms. The molecule has 2 heterocycles. The second kappa shape index (κ2) is 6.62. The molecule has 0 spiro atoms. The van der Waals surface area contributed by atoms with Gasteiger partial charge >= 0.3 is 0 Å². The van der Waals surface area contributed by atoms with Gasteiger partial charge in [-0.2, -0.15) is 0 Å². The van der Waals surface area contributed by atoms with E-state index in [1.807, 2.05) is 25.1 Å². The van der Waals surface area contributed by atoms with E-state index in [0.29, 0.717) is 16.5 Å². The molecule has 3 aromatic rings. The zero-order valence-electron chi connectivity index (χ0n) is 12.4. The lowest BCUT2D eigenvalue weighted by atomic mass is 10.2. The summed E-state index contributed by atoms with van der Waals surface area (Å²) in [6.07, 6.45) is 3.29. The molecular formula is C17H14ClN3O2. The van der Waals surface area contributed by atoms with Crippen LogP contribution in [0.15, 0.2) is 53.2 Å². The predicted molar refractivity (Wildman–Crippen MR) is 87.1 cm³/mol. The molecule has 5 nitrogen and oxygen atoms in total. The minimum Gasteiger partial charge on any atom is -0.451 e. The van der Waals surface area contributed by atoms with Crippen LogP contribution in [0.1, 0.15) is 21.9 Å². The van der Waals surface area contributed by atoms with E-state index >= 15 is 0 Å². The standard InChI is InChI=1S/C17H14ClN3O2/c1-11-8-20-12(9-19-11)10-21-17(22)16-7-6-15(23-16)13-4-2-3-5-14(13)18/h2-9H,10H2,1H3,(H,21,22). The van der Waals surface area contributed by atoms with Gasteiger partial charge in [0.25, 0.3) is 5.91 Å². The Balaban J connectivity index is 1.69. The van der Waals surface area contributed by atoms with Crippen molar-refractivity contribution in [2.45, 2.75) is 13.5 Å². The van der Waals surface area contributed by atoms with Gasteiger partial charge in [-0.05, 0) is 31.2 Å². The van der Waals surface area contributed by atoms with Gasteiger partial charge in [0.2, 0.25) is 0 Å². The molecule has 1 aromatic carbocycles. The molecule has 0 saturated heterocycles. The third kappa shape index (κ3) is 3.57. The summed E-state index contributed by atoms with van der Waals surface area (Å²) >= 11 is 6.13. The lowest BCUT2D eigenvalue weighted by Crippen LogP contribution is -2.22. The zero-order chi connectivity index (χ0) is 16.2. The fourth-order valence-corrected chi connectivity index (χ4v) is 2.26. The number of rotatable bonds is 4. The van der Waals surface area contributed by atoms with Crippen LogP contribution in [-0.4, -0.2) is 15.9 Å². The highest BCUT2D eigenvalue weighted by Gasteiger charge is 2.13. The Morgan fingerprint density at radius 3 is 2.74 bits per heavy atom. The predicted octanol–water partition coefficient (Wildman–Crippen LogP) is 3.63. The molecule has 0 fully saturated rings. The highest BCUT2D eigenvalue weighted by atomic mass is 35.5. The summed E-state index contributed by atoms with van der Waals surface area (Å²) in [5, 5.41) is 3.32. The quantitative estimate of drug-likeness (QED) is 0.794. The Morgan fingerprint density at radius 2 is 2.00 bits per heavy atom. The summed E-state index contributed by atoms with van der Waals surface area (Å²) in [6.45, 7) is 2.14. The van der Waals surface area contributed by atoms with Crippen LogP contribution >= 0.6 is 11.6 Å². The van der Waals surface area contributed by atoms with Gasteiger partial charge in [0.05, 0.1) is 29.2 Å². The lowest BCUT2D eigenvalue weighted by molar-refractivity contribution is 0.0923. The maximum Gasteiger partial charge on any atom is 0.287 e. The third-order valence-electron chi connectivity index (χ3n) is 3.23. The van der Waals surface area contributed by atoms with E-state index in [1.54, 1.807) is 30.6 Å². The van der Waals surface area contributed by atoms with Crippen LogP contribution in [0.2, 0.25) is 5.02 Å². The van der Waals surface area contributed by atoms with Gasteiger partial charge < -0.3 is 9.73 Å². The van der Waals surface area contributed by atoms with Gasteiger partial charge in [0.15, 0.2) is 5.76 Å². The number of amides is 1. The van der Waals surface area contributed by atoms with E-state index < -0.39 is 0 Å². The fraction of sp³-hybridized carbons (Fsp3) is 0.118. The molecular weight excluding hydrogens is 314 g/mol. The number of halogens is 1. The summed E-state index contributed by atoms with van der Waals surface area (Å²) in [6, 6.07) is 10.7. The average molecular weight is 328 g/mol. The maximum atomic E-state index is 12.1. The van der Waals surface area contributed by atoms with Crippen LogP contribution in [-0.2, 0) is 6.54 Å². The summed E-state index contributed by atoms with van der Waals surface area (Å²) in [4.78, 5) is 20.4. The molecule has 0 unspecified atom stereocenters. The van der Waals surface area contributed by atoms with Gasteiger partial charge in [-0.1, -0.05) is 23.7 Å². The number of nitrogens with one attached hydrogen (secondary N) is 1. The lowest BCUT2D eigenvalue weighted by Gasteiger charge is -2.03. The first-order valence-corrected chi connectivity index (χ1v) is 7.42. The summed E-state index contributed by atoms with van der Waals surface area (Å²) in [7, 11) is 0. The molecule has 0 aliphatic rings. The molecule has 6 heteroatoms. The smallest absolute Gasteiger partial charge is 0.287 e. The molecule has 23 heavy (non-hydrogen) atoms. The van der Waals surface area contributed by atoms with Crippen molar-refractivity contribution < 1.29 is 9.21 Å².